The quantitative estimate of drug-likeness (QED) is 0.498. The Kier molecular flexibility index (Phi) is 7.04. The zero-order valence-electron chi connectivity index (χ0n) is 22.0. The maximum Gasteiger partial charge on any atom is 0.410 e. The maximum absolute atomic E-state index is 12.3. The molecule has 0 bridgehead atoms. The van der Waals surface area contributed by atoms with E-state index in [1.54, 1.807) is 15.8 Å². The molecule has 12 nitrogen and oxygen atoms in total. The van der Waals surface area contributed by atoms with E-state index in [-0.39, 0.29) is 30.1 Å². The van der Waals surface area contributed by atoms with E-state index in [0.717, 1.165) is 37.1 Å². The molecule has 12 heteroatoms. The molecule has 2 atom stereocenters. The number of carbonyl (C=O) groups excluding carboxylic acids is 2. The number of rotatable bonds is 6. The molecule has 1 aliphatic carbocycles. The lowest BCUT2D eigenvalue weighted by Crippen LogP contribution is -2.44. The number of nitrogens with zero attached hydrogens (tertiary/aromatic N) is 6. The Hall–Kier alpha value is -3.96. The molecular formula is C26H34N8O4. The summed E-state index contributed by atoms with van der Waals surface area (Å²) >= 11 is 0. The van der Waals surface area contributed by atoms with Crippen LogP contribution in [0.3, 0.4) is 0 Å². The van der Waals surface area contributed by atoms with E-state index in [9.17, 15) is 9.59 Å². The number of ether oxygens (including phenoxy) is 2. The normalized spacial score (nSPS) is 20.4. The number of hydrogen-bond donors (Lipinski definition) is 2. The summed E-state index contributed by atoms with van der Waals surface area (Å²) < 4.78 is 13.3. The minimum atomic E-state index is -0.503. The van der Waals surface area contributed by atoms with Crippen molar-refractivity contribution in [1.29, 1.82) is 0 Å². The molecule has 3 aromatic rings. The highest BCUT2D eigenvalue weighted by molar-refractivity contribution is 5.77. The molecule has 3 N–H and O–H groups in total. The van der Waals surface area contributed by atoms with Crippen molar-refractivity contribution in [3.8, 4) is 11.4 Å². The van der Waals surface area contributed by atoms with E-state index in [4.69, 9.17) is 15.2 Å². The van der Waals surface area contributed by atoms with Gasteiger partial charge in [0.25, 0.3) is 0 Å². The Morgan fingerprint density at radius 1 is 1.08 bits per heavy atom. The number of nitrogens with two attached hydrogens (primary N) is 1. The van der Waals surface area contributed by atoms with Gasteiger partial charge in [-0.05, 0) is 64.3 Å². The lowest BCUT2D eigenvalue weighted by molar-refractivity contribution is -0.121. The van der Waals surface area contributed by atoms with Crippen molar-refractivity contribution >= 4 is 29.1 Å². The summed E-state index contributed by atoms with van der Waals surface area (Å²) in [6.45, 7) is 6.81. The van der Waals surface area contributed by atoms with Gasteiger partial charge < -0.3 is 25.4 Å². The second-order valence-electron chi connectivity index (χ2n) is 10.9. The minimum Gasteiger partial charge on any atom is -0.490 e. The summed E-state index contributed by atoms with van der Waals surface area (Å²) in [5, 5.41) is 11.8. The zero-order chi connectivity index (χ0) is 26.9. The van der Waals surface area contributed by atoms with E-state index in [2.05, 4.69) is 25.6 Å². The van der Waals surface area contributed by atoms with Crippen LogP contribution >= 0.6 is 0 Å². The summed E-state index contributed by atoms with van der Waals surface area (Å²) in [6, 6.07) is 7.70. The van der Waals surface area contributed by atoms with Crippen LogP contribution in [0.5, 0.6) is 5.75 Å². The molecular weight excluding hydrogens is 488 g/mol. The van der Waals surface area contributed by atoms with Crippen molar-refractivity contribution < 1.29 is 19.1 Å². The fraction of sp³-hybridized carbons (Fsp3) is 0.538. The fourth-order valence-corrected chi connectivity index (χ4v) is 4.87. The summed E-state index contributed by atoms with van der Waals surface area (Å²) in [6.07, 6.45) is 5.15. The monoisotopic (exact) mass is 522 g/mol. The summed E-state index contributed by atoms with van der Waals surface area (Å²) in [4.78, 5) is 34.5. The van der Waals surface area contributed by atoms with Crippen molar-refractivity contribution in [3.05, 3.63) is 30.5 Å². The van der Waals surface area contributed by atoms with Crippen LogP contribution in [0.2, 0.25) is 0 Å². The molecule has 202 valence electrons. The van der Waals surface area contributed by atoms with Gasteiger partial charge in [-0.15, -0.1) is 5.10 Å². The van der Waals surface area contributed by atoms with Crippen LogP contribution in [0.25, 0.3) is 16.9 Å². The van der Waals surface area contributed by atoms with Gasteiger partial charge in [-0.3, -0.25) is 4.79 Å². The van der Waals surface area contributed by atoms with Gasteiger partial charge in [0, 0.05) is 37.9 Å². The number of amides is 2. The zero-order valence-corrected chi connectivity index (χ0v) is 22.0. The van der Waals surface area contributed by atoms with Gasteiger partial charge in [0.1, 0.15) is 17.5 Å². The van der Waals surface area contributed by atoms with Crippen LogP contribution in [0.4, 0.5) is 10.7 Å². The highest BCUT2D eigenvalue weighted by Crippen LogP contribution is 2.28. The van der Waals surface area contributed by atoms with E-state index >= 15 is 0 Å². The van der Waals surface area contributed by atoms with Crippen LogP contribution in [0, 0.1) is 5.92 Å². The number of aromatic nitrogens is 5. The highest BCUT2D eigenvalue weighted by atomic mass is 16.6. The van der Waals surface area contributed by atoms with Gasteiger partial charge in [-0.2, -0.15) is 9.67 Å². The first kappa shape index (κ1) is 25.7. The molecule has 3 heterocycles. The lowest BCUT2D eigenvalue weighted by atomic mass is 10.1. The number of hydrogen-bond acceptors (Lipinski definition) is 9. The predicted molar refractivity (Wildman–Crippen MR) is 140 cm³/mol. The van der Waals surface area contributed by atoms with Crippen molar-refractivity contribution in [3.63, 3.8) is 0 Å². The van der Waals surface area contributed by atoms with Gasteiger partial charge in [0.15, 0.2) is 11.2 Å². The van der Waals surface area contributed by atoms with Crippen LogP contribution in [-0.4, -0.2) is 72.7 Å². The topological polar surface area (TPSA) is 150 Å². The van der Waals surface area contributed by atoms with Crippen LogP contribution in [0.1, 0.15) is 52.9 Å². The Bertz CT molecular complexity index is 1290. The molecule has 2 fully saturated rings. The van der Waals surface area contributed by atoms with Gasteiger partial charge in [-0.1, -0.05) is 5.21 Å². The van der Waals surface area contributed by atoms with Crippen LogP contribution < -0.4 is 15.8 Å². The first-order chi connectivity index (χ1) is 18.1. The number of benzene rings is 1. The largest absolute Gasteiger partial charge is 0.490 e. The average molecular weight is 523 g/mol. The van der Waals surface area contributed by atoms with Gasteiger partial charge in [0.2, 0.25) is 11.9 Å². The predicted octanol–water partition coefficient (Wildman–Crippen LogP) is 3.05. The summed E-state index contributed by atoms with van der Waals surface area (Å²) in [5.41, 5.74) is 6.89. The van der Waals surface area contributed by atoms with E-state index in [1.807, 2.05) is 45.0 Å². The number of fused-ring (bicyclic) bond motifs is 1. The standard InChI is InChI=1S/C26H34N8O4/c1-26(2,3)38-25(36)33-12-10-20(11-13-33)37-19-8-6-18(7-9-19)34-23-21(31-32-34)15-28-24(30-23)29-17-5-4-16(14-17)22(27)35/h6-9,15-17,20H,4-5,10-14H2,1-3H3,(H2,27,35)(H,28,29,30)/t16-,17-/m1/s1. The molecule has 38 heavy (non-hydrogen) atoms. The Labute approximate surface area is 220 Å². The molecule has 0 radical (unpaired) electrons. The van der Waals surface area contributed by atoms with Crippen molar-refractivity contribution in [2.45, 2.75) is 70.6 Å². The Morgan fingerprint density at radius 2 is 1.82 bits per heavy atom. The molecule has 2 aliphatic rings. The van der Waals surface area contributed by atoms with Gasteiger partial charge >= 0.3 is 6.09 Å². The van der Waals surface area contributed by atoms with Crippen molar-refractivity contribution in [2.24, 2.45) is 11.7 Å². The second kappa shape index (κ2) is 10.4. The summed E-state index contributed by atoms with van der Waals surface area (Å²) in [5.74, 6) is 0.846. The molecule has 5 rings (SSSR count). The number of likely N-dealkylation sites (tertiary alicyclic amines) is 1. The SMILES string of the molecule is CC(C)(C)OC(=O)N1CCC(Oc2ccc(-n3nnc4cnc(N[C@@H]5CC[C@@H](C(N)=O)C5)nc43)cc2)CC1. The molecule has 1 aliphatic heterocycles. The van der Waals surface area contributed by atoms with Crippen molar-refractivity contribution in [2.75, 3.05) is 18.4 Å². The van der Waals surface area contributed by atoms with Gasteiger partial charge in [0.05, 0.1) is 11.9 Å². The lowest BCUT2D eigenvalue weighted by Gasteiger charge is -2.33. The average Bonchev–Trinajstić information content (AvgIpc) is 3.51. The first-order valence-electron chi connectivity index (χ1n) is 13.0. The highest BCUT2D eigenvalue weighted by Gasteiger charge is 2.29. The Morgan fingerprint density at radius 3 is 2.47 bits per heavy atom. The third-order valence-electron chi connectivity index (χ3n) is 6.84. The minimum absolute atomic E-state index is 0.0258. The van der Waals surface area contributed by atoms with Crippen LogP contribution in [0.15, 0.2) is 30.5 Å². The molecule has 2 aromatic heterocycles. The van der Waals surface area contributed by atoms with E-state index < -0.39 is 5.60 Å². The molecule has 1 saturated heterocycles. The third kappa shape index (κ3) is 5.95. The summed E-state index contributed by atoms with van der Waals surface area (Å²) in [7, 11) is 0. The third-order valence-corrected chi connectivity index (χ3v) is 6.84. The maximum atomic E-state index is 12.3. The van der Waals surface area contributed by atoms with E-state index in [1.165, 1.54) is 0 Å². The number of anilines is 1. The number of primary amides is 1. The Balaban J connectivity index is 1.20. The molecule has 2 amide bonds. The van der Waals surface area contributed by atoms with Crippen LogP contribution in [-0.2, 0) is 9.53 Å². The van der Waals surface area contributed by atoms with Gasteiger partial charge in [-0.25, -0.2) is 9.78 Å². The molecule has 1 aromatic carbocycles. The van der Waals surface area contributed by atoms with Crippen molar-refractivity contribution in [1.82, 2.24) is 29.9 Å². The molecule has 0 unspecified atom stereocenters. The first-order valence-corrected chi connectivity index (χ1v) is 13.0. The number of nitrogens with one attached hydrogen (secondary N) is 1. The fourth-order valence-electron chi connectivity index (χ4n) is 4.87. The molecule has 1 saturated carbocycles. The smallest absolute Gasteiger partial charge is 0.410 e. The second-order valence-corrected chi connectivity index (χ2v) is 10.9. The molecule has 0 spiro atoms. The number of carbonyl (C=O) groups is 2. The number of piperidine rings is 1. The van der Waals surface area contributed by atoms with E-state index in [0.29, 0.717) is 36.6 Å².